The molecule has 0 radical (unpaired) electrons. The molecule has 1 aromatic heterocycles. The quantitative estimate of drug-likeness (QED) is 0.818. The zero-order valence-electron chi connectivity index (χ0n) is 13.2. The van der Waals surface area contributed by atoms with Crippen molar-refractivity contribution in [3.8, 4) is 11.3 Å². The van der Waals surface area contributed by atoms with Crippen molar-refractivity contribution >= 4 is 11.9 Å². The molecule has 0 saturated heterocycles. The van der Waals surface area contributed by atoms with Crippen molar-refractivity contribution in [2.45, 2.75) is 32.7 Å². The van der Waals surface area contributed by atoms with Crippen LogP contribution in [0.25, 0.3) is 11.3 Å². The van der Waals surface area contributed by atoms with Crippen LogP contribution >= 0.6 is 0 Å². The maximum Gasteiger partial charge on any atom is 0.326 e. The molecule has 1 atom stereocenters. The molecule has 0 spiro atoms. The van der Waals surface area contributed by atoms with Crippen molar-refractivity contribution < 1.29 is 19.1 Å². The molecule has 2 rings (SSSR count). The highest BCUT2D eigenvalue weighted by Crippen LogP contribution is 2.20. The van der Waals surface area contributed by atoms with Crippen molar-refractivity contribution in [3.63, 3.8) is 0 Å². The van der Waals surface area contributed by atoms with Crippen LogP contribution in [0.4, 0.5) is 0 Å². The maximum absolute atomic E-state index is 11.9. The van der Waals surface area contributed by atoms with E-state index >= 15 is 0 Å². The molecular weight excluding hydrogens is 296 g/mol. The molecule has 0 unspecified atom stereocenters. The first-order valence-electron chi connectivity index (χ1n) is 7.49. The van der Waals surface area contributed by atoms with Gasteiger partial charge in [0.2, 0.25) is 5.91 Å². The topological polar surface area (TPSA) is 92.4 Å². The zero-order valence-corrected chi connectivity index (χ0v) is 13.2. The van der Waals surface area contributed by atoms with E-state index in [1.807, 2.05) is 30.3 Å². The summed E-state index contributed by atoms with van der Waals surface area (Å²) in [5.74, 6) is -0.439. The number of aryl methyl sites for hydroxylation is 1. The maximum atomic E-state index is 11.9. The van der Waals surface area contributed by atoms with Crippen LogP contribution in [0.3, 0.4) is 0 Å². The van der Waals surface area contributed by atoms with E-state index in [0.717, 1.165) is 5.56 Å². The number of carboxylic acid groups (broad SMARTS) is 1. The summed E-state index contributed by atoms with van der Waals surface area (Å²) in [6, 6.07) is 8.67. The first-order chi connectivity index (χ1) is 11.0. The van der Waals surface area contributed by atoms with Gasteiger partial charge in [0.05, 0.1) is 6.20 Å². The Bertz CT molecular complexity index is 664. The number of benzene rings is 1. The Morgan fingerprint density at radius 3 is 2.57 bits per heavy atom. The summed E-state index contributed by atoms with van der Waals surface area (Å²) in [5, 5.41) is 11.6. The fraction of sp³-hybridized carbons (Fsp3) is 0.353. The number of amides is 1. The highest BCUT2D eigenvalue weighted by Gasteiger charge is 2.23. The van der Waals surface area contributed by atoms with Crippen molar-refractivity contribution in [1.29, 1.82) is 0 Å². The molecule has 1 amide bonds. The van der Waals surface area contributed by atoms with Gasteiger partial charge < -0.3 is 14.8 Å². The third-order valence-corrected chi connectivity index (χ3v) is 3.43. The first-order valence-corrected chi connectivity index (χ1v) is 7.49. The van der Waals surface area contributed by atoms with Crippen LogP contribution in [-0.2, 0) is 16.0 Å². The minimum atomic E-state index is -1.03. The van der Waals surface area contributed by atoms with Gasteiger partial charge in [-0.1, -0.05) is 44.2 Å². The van der Waals surface area contributed by atoms with E-state index in [1.165, 1.54) is 0 Å². The van der Waals surface area contributed by atoms with Gasteiger partial charge in [-0.25, -0.2) is 9.78 Å². The van der Waals surface area contributed by atoms with Gasteiger partial charge in [0, 0.05) is 18.4 Å². The van der Waals surface area contributed by atoms with Gasteiger partial charge in [0.25, 0.3) is 0 Å². The Morgan fingerprint density at radius 2 is 1.96 bits per heavy atom. The number of rotatable bonds is 7. The van der Waals surface area contributed by atoms with Crippen LogP contribution in [0.5, 0.6) is 0 Å². The van der Waals surface area contributed by atoms with E-state index in [9.17, 15) is 9.59 Å². The molecule has 0 bridgehead atoms. The van der Waals surface area contributed by atoms with Crippen LogP contribution < -0.4 is 5.32 Å². The number of aromatic nitrogens is 1. The van der Waals surface area contributed by atoms with Crippen LogP contribution in [0, 0.1) is 5.92 Å². The third-order valence-electron chi connectivity index (χ3n) is 3.43. The van der Waals surface area contributed by atoms with Gasteiger partial charge in [0.15, 0.2) is 11.7 Å². The summed E-state index contributed by atoms with van der Waals surface area (Å²) in [7, 11) is 0. The number of aliphatic carboxylic acids is 1. The number of carbonyl (C=O) groups excluding carboxylic acids is 1. The Hall–Kier alpha value is -2.63. The van der Waals surface area contributed by atoms with Gasteiger partial charge in [-0.15, -0.1) is 0 Å². The SMILES string of the molecule is CC(C)[C@H](NC(=O)CCc1ncc(-c2ccccc2)o1)C(=O)O. The molecule has 6 heteroatoms. The smallest absolute Gasteiger partial charge is 0.326 e. The minimum Gasteiger partial charge on any atom is -0.480 e. The lowest BCUT2D eigenvalue weighted by Gasteiger charge is -2.17. The third kappa shape index (κ3) is 4.67. The standard InChI is InChI=1S/C17H20N2O4/c1-11(2)16(17(21)22)19-14(20)8-9-15-18-10-13(23-15)12-6-4-3-5-7-12/h3-7,10-11,16H,8-9H2,1-2H3,(H,19,20)(H,21,22)/t16-/m0/s1. The number of carbonyl (C=O) groups is 2. The van der Waals surface area contributed by atoms with Gasteiger partial charge in [-0.05, 0) is 5.92 Å². The lowest BCUT2D eigenvalue weighted by atomic mass is 10.0. The highest BCUT2D eigenvalue weighted by atomic mass is 16.4. The fourth-order valence-corrected chi connectivity index (χ4v) is 2.14. The van der Waals surface area contributed by atoms with E-state index in [1.54, 1.807) is 20.0 Å². The van der Waals surface area contributed by atoms with Crippen LogP contribution in [0.15, 0.2) is 40.9 Å². The Kier molecular flexibility index (Phi) is 5.51. The van der Waals surface area contributed by atoms with Crippen molar-refractivity contribution in [2.24, 2.45) is 5.92 Å². The second-order valence-electron chi connectivity index (χ2n) is 5.61. The summed E-state index contributed by atoms with van der Waals surface area (Å²) in [4.78, 5) is 27.1. The number of hydrogen-bond acceptors (Lipinski definition) is 4. The molecule has 122 valence electrons. The number of hydrogen-bond donors (Lipinski definition) is 2. The Balaban J connectivity index is 1.90. The number of oxazole rings is 1. The average Bonchev–Trinajstić information content (AvgIpc) is 3.00. The predicted octanol–water partition coefficient (Wildman–Crippen LogP) is 2.50. The fourth-order valence-electron chi connectivity index (χ4n) is 2.14. The molecule has 1 aromatic carbocycles. The molecule has 1 heterocycles. The Labute approximate surface area is 134 Å². The van der Waals surface area contributed by atoms with Gasteiger partial charge in [0.1, 0.15) is 6.04 Å². The average molecular weight is 316 g/mol. The van der Waals surface area contributed by atoms with Gasteiger partial charge in [-0.3, -0.25) is 4.79 Å². The first kappa shape index (κ1) is 16.7. The molecule has 0 aliphatic rings. The van der Waals surface area contributed by atoms with Crippen LogP contribution in [0.1, 0.15) is 26.2 Å². The lowest BCUT2D eigenvalue weighted by molar-refractivity contribution is -0.143. The van der Waals surface area contributed by atoms with Crippen LogP contribution in [0.2, 0.25) is 0 Å². The van der Waals surface area contributed by atoms with Crippen molar-refractivity contribution in [3.05, 3.63) is 42.4 Å². The summed E-state index contributed by atoms with van der Waals surface area (Å²) < 4.78 is 5.61. The number of nitrogens with zero attached hydrogens (tertiary/aromatic N) is 1. The molecular formula is C17H20N2O4. The highest BCUT2D eigenvalue weighted by molar-refractivity contribution is 5.83. The van der Waals surface area contributed by atoms with E-state index < -0.39 is 12.0 Å². The molecule has 2 N–H and O–H groups in total. The van der Waals surface area contributed by atoms with Crippen molar-refractivity contribution in [1.82, 2.24) is 10.3 Å². The second kappa shape index (κ2) is 7.58. The predicted molar refractivity (Wildman–Crippen MR) is 84.7 cm³/mol. The summed E-state index contributed by atoms with van der Waals surface area (Å²) in [5.41, 5.74) is 0.918. The molecule has 2 aromatic rings. The van der Waals surface area contributed by atoms with E-state index in [0.29, 0.717) is 18.1 Å². The minimum absolute atomic E-state index is 0.130. The Morgan fingerprint density at radius 1 is 1.26 bits per heavy atom. The summed E-state index contributed by atoms with van der Waals surface area (Å²) in [6.45, 7) is 3.50. The summed E-state index contributed by atoms with van der Waals surface area (Å²) >= 11 is 0. The van der Waals surface area contributed by atoms with Gasteiger partial charge in [-0.2, -0.15) is 0 Å². The number of nitrogens with one attached hydrogen (secondary N) is 1. The van der Waals surface area contributed by atoms with E-state index in [2.05, 4.69) is 10.3 Å². The molecule has 0 fully saturated rings. The molecule has 23 heavy (non-hydrogen) atoms. The second-order valence-corrected chi connectivity index (χ2v) is 5.61. The van der Waals surface area contributed by atoms with Crippen LogP contribution in [-0.4, -0.2) is 28.0 Å². The zero-order chi connectivity index (χ0) is 16.8. The largest absolute Gasteiger partial charge is 0.480 e. The molecule has 0 aliphatic heterocycles. The monoisotopic (exact) mass is 316 g/mol. The molecule has 0 saturated carbocycles. The van der Waals surface area contributed by atoms with E-state index in [-0.39, 0.29) is 18.2 Å². The molecule has 6 nitrogen and oxygen atoms in total. The normalized spacial score (nSPS) is 12.1. The molecule has 0 aliphatic carbocycles. The van der Waals surface area contributed by atoms with E-state index in [4.69, 9.17) is 9.52 Å². The van der Waals surface area contributed by atoms with Gasteiger partial charge >= 0.3 is 5.97 Å². The number of carboxylic acids is 1. The lowest BCUT2D eigenvalue weighted by Crippen LogP contribution is -2.44. The van der Waals surface area contributed by atoms with Crippen molar-refractivity contribution in [2.75, 3.05) is 0 Å². The summed E-state index contributed by atoms with van der Waals surface area (Å²) in [6.07, 6.45) is 2.07.